The van der Waals surface area contributed by atoms with Gasteiger partial charge in [-0.1, -0.05) is 19.3 Å². The molecule has 0 spiro atoms. The fraction of sp³-hybridized carbons (Fsp3) is 0.522. The van der Waals surface area contributed by atoms with Crippen LogP contribution in [0.2, 0.25) is 0 Å². The van der Waals surface area contributed by atoms with Crippen LogP contribution in [0.1, 0.15) is 61.5 Å². The number of thiophene rings is 1. The Balaban J connectivity index is 1.45. The highest BCUT2D eigenvalue weighted by molar-refractivity contribution is 7.20. The first-order valence-corrected chi connectivity index (χ1v) is 11.7. The number of esters is 1. The molecule has 7 heteroatoms. The molecule has 2 amide bonds. The predicted molar refractivity (Wildman–Crippen MR) is 118 cm³/mol. The summed E-state index contributed by atoms with van der Waals surface area (Å²) in [5.74, 6) is -0.223. The molecule has 1 aliphatic carbocycles. The molecule has 1 aromatic heterocycles. The van der Waals surface area contributed by atoms with Crippen LogP contribution < -0.4 is 5.32 Å². The second-order valence-corrected chi connectivity index (χ2v) is 9.18. The van der Waals surface area contributed by atoms with E-state index in [2.05, 4.69) is 5.32 Å². The van der Waals surface area contributed by atoms with E-state index in [9.17, 15) is 14.4 Å². The lowest BCUT2D eigenvalue weighted by Gasteiger charge is -2.30. The highest BCUT2D eigenvalue weighted by Gasteiger charge is 2.37. The Morgan fingerprint density at radius 3 is 2.67 bits per heavy atom. The minimum Gasteiger partial charge on any atom is -0.462 e. The minimum absolute atomic E-state index is 0.0793. The molecule has 6 nitrogen and oxygen atoms in total. The van der Waals surface area contributed by atoms with Crippen molar-refractivity contribution in [3.63, 3.8) is 0 Å². The Morgan fingerprint density at radius 2 is 1.90 bits per heavy atom. The van der Waals surface area contributed by atoms with Crippen LogP contribution in [0.3, 0.4) is 0 Å². The van der Waals surface area contributed by atoms with Gasteiger partial charge in [0, 0.05) is 22.8 Å². The van der Waals surface area contributed by atoms with Crippen molar-refractivity contribution < 1.29 is 19.1 Å². The number of hydrogen-bond donors (Lipinski definition) is 1. The zero-order chi connectivity index (χ0) is 21.1. The predicted octanol–water partition coefficient (Wildman–Crippen LogP) is 4.59. The van der Waals surface area contributed by atoms with Gasteiger partial charge >= 0.3 is 5.97 Å². The zero-order valence-corrected chi connectivity index (χ0v) is 18.1. The van der Waals surface area contributed by atoms with Crippen LogP contribution in [-0.4, -0.2) is 41.9 Å². The van der Waals surface area contributed by atoms with Crippen molar-refractivity contribution >= 4 is 44.9 Å². The normalized spacial score (nSPS) is 19.8. The first-order chi connectivity index (χ1) is 14.6. The number of nitrogens with one attached hydrogen (secondary N) is 1. The Bertz CT molecular complexity index is 948. The molecular weight excluding hydrogens is 400 g/mol. The summed E-state index contributed by atoms with van der Waals surface area (Å²) in [4.78, 5) is 40.2. The number of carbonyl (C=O) groups excluding carboxylic acids is 3. The van der Waals surface area contributed by atoms with Gasteiger partial charge in [0.05, 0.1) is 6.61 Å². The third-order valence-corrected chi connectivity index (χ3v) is 7.15. The lowest BCUT2D eigenvalue weighted by Crippen LogP contribution is -2.46. The van der Waals surface area contributed by atoms with Crippen molar-refractivity contribution in [1.82, 2.24) is 4.90 Å². The molecule has 1 atom stereocenters. The second-order valence-electron chi connectivity index (χ2n) is 8.10. The molecule has 1 aromatic carbocycles. The first kappa shape index (κ1) is 20.8. The number of rotatable bonds is 5. The van der Waals surface area contributed by atoms with Gasteiger partial charge in [0.25, 0.3) is 0 Å². The number of anilines is 1. The first-order valence-electron chi connectivity index (χ1n) is 10.9. The van der Waals surface area contributed by atoms with E-state index in [1.54, 1.807) is 17.9 Å². The van der Waals surface area contributed by atoms with Gasteiger partial charge in [-0.25, -0.2) is 4.79 Å². The van der Waals surface area contributed by atoms with Crippen LogP contribution in [0.4, 0.5) is 5.69 Å². The molecule has 1 N–H and O–H groups in total. The summed E-state index contributed by atoms with van der Waals surface area (Å²) in [6.45, 7) is 2.79. The maximum Gasteiger partial charge on any atom is 0.348 e. The number of carbonyl (C=O) groups is 3. The van der Waals surface area contributed by atoms with E-state index in [0.29, 0.717) is 30.1 Å². The number of likely N-dealkylation sites (tertiary alicyclic amines) is 1. The van der Waals surface area contributed by atoms with Gasteiger partial charge in [0.15, 0.2) is 0 Å². The maximum absolute atomic E-state index is 13.0. The SMILES string of the molecule is CCOC(=O)c1cc2cc(NC(=O)C3CCCN3C(=O)C3CCCCC3)ccc2s1. The maximum atomic E-state index is 13.0. The minimum atomic E-state index is -0.396. The van der Waals surface area contributed by atoms with E-state index in [-0.39, 0.29) is 23.7 Å². The van der Waals surface area contributed by atoms with E-state index < -0.39 is 6.04 Å². The zero-order valence-electron chi connectivity index (χ0n) is 17.3. The van der Waals surface area contributed by atoms with E-state index >= 15 is 0 Å². The molecule has 30 heavy (non-hydrogen) atoms. The van der Waals surface area contributed by atoms with Gasteiger partial charge in [0.1, 0.15) is 10.9 Å². The van der Waals surface area contributed by atoms with Crippen LogP contribution in [0.5, 0.6) is 0 Å². The lowest BCUT2D eigenvalue weighted by molar-refractivity contribution is -0.141. The number of ether oxygens (including phenoxy) is 1. The van der Waals surface area contributed by atoms with E-state index in [1.807, 2.05) is 18.2 Å². The van der Waals surface area contributed by atoms with Gasteiger partial charge in [-0.2, -0.15) is 0 Å². The van der Waals surface area contributed by atoms with E-state index in [4.69, 9.17) is 4.74 Å². The topological polar surface area (TPSA) is 75.7 Å². The Kier molecular flexibility index (Phi) is 6.37. The summed E-state index contributed by atoms with van der Waals surface area (Å²) >= 11 is 1.38. The summed E-state index contributed by atoms with van der Waals surface area (Å²) in [7, 11) is 0. The highest BCUT2D eigenvalue weighted by Crippen LogP contribution is 2.31. The third kappa shape index (κ3) is 4.36. The molecule has 4 rings (SSSR count). The molecular formula is C23H28N2O4S. The van der Waals surface area contributed by atoms with Gasteiger partial charge < -0.3 is 15.0 Å². The van der Waals surface area contributed by atoms with Crippen LogP contribution in [0, 0.1) is 5.92 Å². The molecule has 2 fully saturated rings. The van der Waals surface area contributed by atoms with E-state index in [0.717, 1.165) is 42.2 Å². The quantitative estimate of drug-likeness (QED) is 0.707. The van der Waals surface area contributed by atoms with Gasteiger partial charge in [-0.05, 0) is 62.3 Å². The number of fused-ring (bicyclic) bond motifs is 1. The largest absolute Gasteiger partial charge is 0.462 e. The second kappa shape index (κ2) is 9.16. The average molecular weight is 429 g/mol. The summed E-state index contributed by atoms with van der Waals surface area (Å²) in [6, 6.07) is 7.01. The van der Waals surface area contributed by atoms with Crippen molar-refractivity contribution in [2.75, 3.05) is 18.5 Å². The van der Waals surface area contributed by atoms with E-state index in [1.165, 1.54) is 17.8 Å². The molecule has 0 radical (unpaired) electrons. The van der Waals surface area contributed by atoms with Gasteiger partial charge in [-0.3, -0.25) is 9.59 Å². The monoisotopic (exact) mass is 428 g/mol. The lowest BCUT2D eigenvalue weighted by atomic mass is 9.88. The van der Waals surface area contributed by atoms with Crippen LogP contribution >= 0.6 is 11.3 Å². The van der Waals surface area contributed by atoms with Crippen molar-refractivity contribution in [2.45, 2.75) is 57.9 Å². The Morgan fingerprint density at radius 1 is 1.10 bits per heavy atom. The molecule has 2 heterocycles. The molecule has 0 bridgehead atoms. The summed E-state index contributed by atoms with van der Waals surface area (Å²) in [5, 5.41) is 3.87. The van der Waals surface area contributed by atoms with Crippen molar-refractivity contribution in [2.24, 2.45) is 5.92 Å². The summed E-state index contributed by atoms with van der Waals surface area (Å²) in [5.41, 5.74) is 0.678. The number of hydrogen-bond acceptors (Lipinski definition) is 5. The fourth-order valence-electron chi connectivity index (χ4n) is 4.54. The number of nitrogens with zero attached hydrogens (tertiary/aromatic N) is 1. The molecule has 160 valence electrons. The number of amides is 2. The third-order valence-electron chi connectivity index (χ3n) is 6.05. The van der Waals surface area contributed by atoms with Gasteiger partial charge in [0.2, 0.25) is 11.8 Å². The van der Waals surface area contributed by atoms with Crippen molar-refractivity contribution in [3.8, 4) is 0 Å². The molecule has 1 saturated heterocycles. The van der Waals surface area contributed by atoms with Crippen molar-refractivity contribution in [1.29, 1.82) is 0 Å². The van der Waals surface area contributed by atoms with Crippen LogP contribution in [-0.2, 0) is 14.3 Å². The van der Waals surface area contributed by atoms with Crippen LogP contribution in [0.15, 0.2) is 24.3 Å². The molecule has 1 saturated carbocycles. The standard InChI is InChI=1S/C23H28N2O4S/c1-2-29-23(28)20-14-16-13-17(10-11-19(16)30-20)24-21(26)18-9-6-12-25(18)22(27)15-7-4-3-5-8-15/h10-11,13-15,18H,2-9,12H2,1H3,(H,24,26). The molecule has 1 unspecified atom stereocenters. The molecule has 2 aromatic rings. The highest BCUT2D eigenvalue weighted by atomic mass is 32.1. The molecule has 1 aliphatic heterocycles. The Labute approximate surface area is 180 Å². The average Bonchev–Trinajstić information content (AvgIpc) is 3.41. The molecule has 2 aliphatic rings. The van der Waals surface area contributed by atoms with Crippen molar-refractivity contribution in [3.05, 3.63) is 29.1 Å². The smallest absolute Gasteiger partial charge is 0.348 e. The summed E-state index contributed by atoms with van der Waals surface area (Å²) < 4.78 is 6.03. The number of benzene rings is 1. The Hall–Kier alpha value is -2.41. The summed E-state index contributed by atoms with van der Waals surface area (Å²) in [6.07, 6.45) is 6.88. The van der Waals surface area contributed by atoms with Crippen LogP contribution in [0.25, 0.3) is 10.1 Å². The fourth-order valence-corrected chi connectivity index (χ4v) is 5.47. The van der Waals surface area contributed by atoms with Gasteiger partial charge in [-0.15, -0.1) is 11.3 Å².